The number of aromatic nitrogens is 1. The summed E-state index contributed by atoms with van der Waals surface area (Å²) in [6.07, 6.45) is 2.68. The lowest BCUT2D eigenvalue weighted by Gasteiger charge is -2.07. The van der Waals surface area contributed by atoms with Crippen LogP contribution in [-0.4, -0.2) is 25.4 Å². The summed E-state index contributed by atoms with van der Waals surface area (Å²) in [5.74, 6) is -0.393. The molecule has 0 spiro atoms. The number of benzene rings is 2. The molecule has 2 N–H and O–H groups in total. The fraction of sp³-hybridized carbons (Fsp3) is 0.238. The molecule has 0 saturated heterocycles. The largest absolute Gasteiger partial charge is 0.298 e. The highest BCUT2D eigenvalue weighted by Crippen LogP contribution is 2.26. The van der Waals surface area contributed by atoms with Crippen molar-refractivity contribution in [2.24, 2.45) is 0 Å². The van der Waals surface area contributed by atoms with Gasteiger partial charge in [0, 0.05) is 22.5 Å². The second-order valence-corrected chi connectivity index (χ2v) is 9.54. The van der Waals surface area contributed by atoms with E-state index in [0.717, 1.165) is 30.5 Å². The Labute approximate surface area is 174 Å². The number of anilines is 1. The monoisotopic (exact) mass is 427 g/mol. The van der Waals surface area contributed by atoms with Gasteiger partial charge in [-0.2, -0.15) is 0 Å². The van der Waals surface area contributed by atoms with E-state index in [-0.39, 0.29) is 16.5 Å². The van der Waals surface area contributed by atoms with Gasteiger partial charge in [-0.05, 0) is 43.0 Å². The molecule has 0 bridgehead atoms. The van der Waals surface area contributed by atoms with Crippen LogP contribution in [0.3, 0.4) is 0 Å². The van der Waals surface area contributed by atoms with Crippen molar-refractivity contribution in [3.63, 3.8) is 0 Å². The van der Waals surface area contributed by atoms with Crippen LogP contribution in [0.25, 0.3) is 11.3 Å². The van der Waals surface area contributed by atoms with Gasteiger partial charge in [-0.3, -0.25) is 10.1 Å². The van der Waals surface area contributed by atoms with E-state index in [1.54, 1.807) is 12.1 Å². The number of aryl methyl sites for hydroxylation is 1. The predicted molar refractivity (Wildman–Crippen MR) is 115 cm³/mol. The third kappa shape index (κ3) is 4.72. The molecule has 0 unspecified atom stereocenters. The second-order valence-electron chi connectivity index (χ2n) is 6.97. The summed E-state index contributed by atoms with van der Waals surface area (Å²) in [5, 5.41) is 5.11. The maximum absolute atomic E-state index is 12.6. The number of carbonyl (C=O) groups excluding carboxylic acids is 1. The first-order chi connectivity index (χ1) is 13.9. The summed E-state index contributed by atoms with van der Waals surface area (Å²) in [6.45, 7) is 2.10. The van der Waals surface area contributed by atoms with Gasteiger partial charge in [0.05, 0.1) is 10.6 Å². The molecule has 1 aliphatic rings. The molecule has 2 aromatic carbocycles. The Morgan fingerprint density at radius 2 is 1.93 bits per heavy atom. The first-order valence-electron chi connectivity index (χ1n) is 9.43. The average molecular weight is 428 g/mol. The van der Waals surface area contributed by atoms with Crippen molar-refractivity contribution >= 4 is 32.4 Å². The standard InChI is InChI=1S/C21H21N3O3S2/c1-2-14-6-8-15(9-7-14)19-13-28-21(22-19)23-20(25)16-4-3-5-18(12-16)29(26,27)24-17-10-11-17/h3-9,12-13,17,24H,2,10-11H2,1H3,(H,22,23,25). The first-order valence-corrected chi connectivity index (χ1v) is 11.8. The van der Waals surface area contributed by atoms with Crippen LogP contribution in [0.15, 0.2) is 58.8 Å². The van der Waals surface area contributed by atoms with Gasteiger partial charge in [0.25, 0.3) is 5.91 Å². The molecule has 4 rings (SSSR count). The third-order valence-corrected chi connectivity index (χ3v) is 6.96. The first kappa shape index (κ1) is 19.8. The zero-order valence-electron chi connectivity index (χ0n) is 15.9. The lowest BCUT2D eigenvalue weighted by atomic mass is 10.1. The number of rotatable bonds is 7. The number of nitrogens with zero attached hydrogens (tertiary/aromatic N) is 1. The van der Waals surface area contributed by atoms with Gasteiger partial charge in [-0.25, -0.2) is 18.1 Å². The number of hydrogen-bond donors (Lipinski definition) is 2. The van der Waals surface area contributed by atoms with E-state index in [2.05, 4.69) is 34.1 Å². The zero-order chi connectivity index (χ0) is 20.4. The Balaban J connectivity index is 1.48. The summed E-state index contributed by atoms with van der Waals surface area (Å²) in [6, 6.07) is 14.2. The van der Waals surface area contributed by atoms with Gasteiger partial charge in [0.2, 0.25) is 10.0 Å². The van der Waals surface area contributed by atoms with E-state index in [0.29, 0.717) is 5.13 Å². The van der Waals surface area contributed by atoms with Crippen molar-refractivity contribution in [1.29, 1.82) is 0 Å². The SMILES string of the molecule is CCc1ccc(-c2csc(NC(=O)c3cccc(S(=O)(=O)NC4CC4)c3)n2)cc1. The molecule has 1 fully saturated rings. The van der Waals surface area contributed by atoms with Gasteiger partial charge in [0.1, 0.15) is 0 Å². The molecule has 29 heavy (non-hydrogen) atoms. The number of nitrogens with one attached hydrogen (secondary N) is 2. The van der Waals surface area contributed by atoms with E-state index in [1.165, 1.54) is 29.0 Å². The maximum atomic E-state index is 12.6. The van der Waals surface area contributed by atoms with Crippen LogP contribution in [0.4, 0.5) is 5.13 Å². The Morgan fingerprint density at radius 3 is 2.62 bits per heavy atom. The fourth-order valence-corrected chi connectivity index (χ4v) is 4.90. The molecule has 6 nitrogen and oxygen atoms in total. The van der Waals surface area contributed by atoms with Crippen LogP contribution in [0.2, 0.25) is 0 Å². The van der Waals surface area contributed by atoms with Crippen LogP contribution in [-0.2, 0) is 16.4 Å². The van der Waals surface area contributed by atoms with Crippen molar-refractivity contribution in [3.05, 3.63) is 65.0 Å². The molecular weight excluding hydrogens is 406 g/mol. The van der Waals surface area contributed by atoms with E-state index < -0.39 is 15.9 Å². The van der Waals surface area contributed by atoms with Crippen LogP contribution in [0, 0.1) is 0 Å². The topological polar surface area (TPSA) is 88.2 Å². The zero-order valence-corrected chi connectivity index (χ0v) is 17.5. The third-order valence-electron chi connectivity index (χ3n) is 4.69. The number of hydrogen-bond acceptors (Lipinski definition) is 5. The molecule has 0 aliphatic heterocycles. The van der Waals surface area contributed by atoms with Gasteiger partial charge in [0.15, 0.2) is 5.13 Å². The van der Waals surface area contributed by atoms with E-state index in [1.807, 2.05) is 17.5 Å². The van der Waals surface area contributed by atoms with Crippen molar-refractivity contribution in [3.8, 4) is 11.3 Å². The van der Waals surface area contributed by atoms with E-state index in [4.69, 9.17) is 0 Å². The Kier molecular flexibility index (Phi) is 5.49. The average Bonchev–Trinajstić information content (AvgIpc) is 3.41. The Bertz CT molecular complexity index is 1130. The highest BCUT2D eigenvalue weighted by Gasteiger charge is 2.28. The van der Waals surface area contributed by atoms with Crippen molar-refractivity contribution in [1.82, 2.24) is 9.71 Å². The molecule has 0 radical (unpaired) electrons. The number of carbonyl (C=O) groups is 1. The lowest BCUT2D eigenvalue weighted by Crippen LogP contribution is -2.26. The van der Waals surface area contributed by atoms with E-state index in [9.17, 15) is 13.2 Å². The molecule has 1 aromatic heterocycles. The Hall–Kier alpha value is -2.55. The fourth-order valence-electron chi connectivity index (χ4n) is 2.84. The quantitative estimate of drug-likeness (QED) is 0.595. The molecule has 1 saturated carbocycles. The highest BCUT2D eigenvalue weighted by atomic mass is 32.2. The molecule has 150 valence electrons. The summed E-state index contributed by atoms with van der Waals surface area (Å²) >= 11 is 1.33. The molecule has 1 aliphatic carbocycles. The predicted octanol–water partition coefficient (Wildman–Crippen LogP) is 4.07. The normalized spacial score (nSPS) is 14.0. The minimum absolute atomic E-state index is 0.0117. The number of amides is 1. The summed E-state index contributed by atoms with van der Waals surface area (Å²) in [4.78, 5) is 17.2. The van der Waals surface area contributed by atoms with Crippen molar-refractivity contribution < 1.29 is 13.2 Å². The second kappa shape index (κ2) is 8.06. The molecular formula is C21H21N3O3S2. The lowest BCUT2D eigenvalue weighted by molar-refractivity contribution is 0.102. The summed E-state index contributed by atoms with van der Waals surface area (Å²) in [7, 11) is -3.61. The van der Waals surface area contributed by atoms with Crippen LogP contribution in [0.5, 0.6) is 0 Å². The minimum atomic E-state index is -3.61. The minimum Gasteiger partial charge on any atom is -0.298 e. The van der Waals surface area contributed by atoms with Gasteiger partial charge < -0.3 is 0 Å². The van der Waals surface area contributed by atoms with Crippen molar-refractivity contribution in [2.45, 2.75) is 37.1 Å². The number of thiazole rings is 1. The molecule has 1 heterocycles. The smallest absolute Gasteiger partial charge is 0.257 e. The van der Waals surface area contributed by atoms with Crippen LogP contribution < -0.4 is 10.0 Å². The molecule has 3 aromatic rings. The van der Waals surface area contributed by atoms with Gasteiger partial charge in [-0.1, -0.05) is 37.3 Å². The molecule has 8 heteroatoms. The number of sulfonamides is 1. The van der Waals surface area contributed by atoms with Crippen molar-refractivity contribution in [2.75, 3.05) is 5.32 Å². The summed E-state index contributed by atoms with van der Waals surface area (Å²) < 4.78 is 27.4. The highest BCUT2D eigenvalue weighted by molar-refractivity contribution is 7.89. The van der Waals surface area contributed by atoms with Crippen LogP contribution >= 0.6 is 11.3 Å². The van der Waals surface area contributed by atoms with Gasteiger partial charge in [-0.15, -0.1) is 11.3 Å². The van der Waals surface area contributed by atoms with Crippen LogP contribution in [0.1, 0.15) is 35.7 Å². The summed E-state index contributed by atoms with van der Waals surface area (Å²) in [5.41, 5.74) is 3.30. The Morgan fingerprint density at radius 1 is 1.17 bits per heavy atom. The maximum Gasteiger partial charge on any atom is 0.257 e. The molecule has 1 amide bonds. The molecule has 0 atom stereocenters. The van der Waals surface area contributed by atoms with E-state index >= 15 is 0 Å². The van der Waals surface area contributed by atoms with Gasteiger partial charge >= 0.3 is 0 Å².